The molecule has 1 unspecified atom stereocenters. The van der Waals surface area contributed by atoms with Gasteiger partial charge in [0.2, 0.25) is 0 Å². The Morgan fingerprint density at radius 3 is 2.73 bits per heavy atom. The molecular formula is C17H26N2O3. The molecule has 1 aromatic carbocycles. The van der Waals surface area contributed by atoms with Gasteiger partial charge >= 0.3 is 0 Å². The van der Waals surface area contributed by atoms with Gasteiger partial charge in [-0.05, 0) is 57.2 Å². The average molecular weight is 306 g/mol. The molecule has 5 heteroatoms. The highest BCUT2D eigenvalue weighted by molar-refractivity contribution is 5.94. The van der Waals surface area contributed by atoms with Crippen LogP contribution < -0.4 is 20.5 Å². The summed E-state index contributed by atoms with van der Waals surface area (Å²) in [5.74, 6) is 1.19. The van der Waals surface area contributed by atoms with Gasteiger partial charge in [-0.25, -0.2) is 0 Å². The zero-order chi connectivity index (χ0) is 15.9. The highest BCUT2D eigenvalue weighted by Crippen LogP contribution is 2.32. The molecule has 2 rings (SSSR count). The van der Waals surface area contributed by atoms with Crippen molar-refractivity contribution in [3.63, 3.8) is 0 Å². The summed E-state index contributed by atoms with van der Waals surface area (Å²) < 4.78 is 11.3. The van der Waals surface area contributed by atoms with Crippen LogP contribution in [0.4, 0.5) is 0 Å². The molecule has 0 aromatic heterocycles. The number of nitrogens with two attached hydrogens (primary N) is 1. The van der Waals surface area contributed by atoms with Crippen molar-refractivity contribution in [1.82, 2.24) is 5.32 Å². The standard InChI is InChI=1S/C17H26N2O3/c1-12(18)9-10-19-17(20)13-7-8-15(16(11-13)21-2)22-14-5-3-4-6-14/h7-8,11-12,14H,3-6,9-10,18H2,1-2H3,(H,19,20). The number of carbonyl (C=O) groups is 1. The molecule has 1 aliphatic rings. The van der Waals surface area contributed by atoms with E-state index in [1.54, 1.807) is 19.2 Å². The Hall–Kier alpha value is -1.75. The minimum Gasteiger partial charge on any atom is -0.493 e. The minimum atomic E-state index is -0.119. The van der Waals surface area contributed by atoms with E-state index in [2.05, 4.69) is 5.32 Å². The summed E-state index contributed by atoms with van der Waals surface area (Å²) in [6, 6.07) is 5.40. The van der Waals surface area contributed by atoms with E-state index < -0.39 is 0 Å². The molecule has 1 aromatic rings. The summed E-state index contributed by atoms with van der Waals surface area (Å²) in [4.78, 5) is 12.1. The monoisotopic (exact) mass is 306 g/mol. The number of carbonyl (C=O) groups excluding carboxylic acids is 1. The van der Waals surface area contributed by atoms with Crippen molar-refractivity contribution in [2.45, 2.75) is 51.2 Å². The molecule has 1 saturated carbocycles. The van der Waals surface area contributed by atoms with E-state index in [1.807, 2.05) is 13.0 Å². The minimum absolute atomic E-state index is 0.0806. The van der Waals surface area contributed by atoms with Crippen molar-refractivity contribution in [2.24, 2.45) is 5.73 Å². The second kappa shape index (κ2) is 8.03. The summed E-state index contributed by atoms with van der Waals surface area (Å²) in [5, 5.41) is 2.86. The van der Waals surface area contributed by atoms with Crippen molar-refractivity contribution in [3.8, 4) is 11.5 Å². The topological polar surface area (TPSA) is 73.6 Å². The van der Waals surface area contributed by atoms with Crippen molar-refractivity contribution >= 4 is 5.91 Å². The Labute approximate surface area is 132 Å². The molecule has 22 heavy (non-hydrogen) atoms. The molecule has 0 saturated heterocycles. The van der Waals surface area contributed by atoms with Gasteiger partial charge in [0.1, 0.15) is 0 Å². The predicted molar refractivity (Wildman–Crippen MR) is 86.5 cm³/mol. The maximum Gasteiger partial charge on any atom is 0.251 e. The first kappa shape index (κ1) is 16.6. The van der Waals surface area contributed by atoms with Crippen LogP contribution in [-0.4, -0.2) is 31.7 Å². The smallest absolute Gasteiger partial charge is 0.251 e. The third-order valence-corrected chi connectivity index (χ3v) is 3.91. The molecule has 5 nitrogen and oxygen atoms in total. The molecular weight excluding hydrogens is 280 g/mol. The number of hydrogen-bond donors (Lipinski definition) is 2. The summed E-state index contributed by atoms with van der Waals surface area (Å²) in [6.07, 6.45) is 5.62. The Morgan fingerprint density at radius 2 is 2.09 bits per heavy atom. The van der Waals surface area contributed by atoms with Crippen molar-refractivity contribution in [3.05, 3.63) is 23.8 Å². The van der Waals surface area contributed by atoms with E-state index in [-0.39, 0.29) is 18.1 Å². The second-order valence-corrected chi connectivity index (χ2v) is 5.91. The molecule has 1 aliphatic carbocycles. The maximum atomic E-state index is 12.1. The van der Waals surface area contributed by atoms with Gasteiger partial charge in [-0.2, -0.15) is 0 Å². The lowest BCUT2D eigenvalue weighted by Gasteiger charge is -2.16. The Morgan fingerprint density at radius 1 is 1.36 bits per heavy atom. The van der Waals surface area contributed by atoms with Crippen LogP contribution >= 0.6 is 0 Å². The molecule has 0 spiro atoms. The quantitative estimate of drug-likeness (QED) is 0.811. The third kappa shape index (κ3) is 4.63. The zero-order valence-corrected chi connectivity index (χ0v) is 13.4. The van der Waals surface area contributed by atoms with Gasteiger partial charge in [-0.1, -0.05) is 0 Å². The Bertz CT molecular complexity index is 497. The highest BCUT2D eigenvalue weighted by atomic mass is 16.5. The number of hydrogen-bond acceptors (Lipinski definition) is 4. The van der Waals surface area contributed by atoms with E-state index in [0.29, 0.717) is 23.6 Å². The number of methoxy groups -OCH3 is 1. The molecule has 0 radical (unpaired) electrons. The van der Waals surface area contributed by atoms with Crippen molar-refractivity contribution in [1.29, 1.82) is 0 Å². The normalized spacial score (nSPS) is 16.3. The van der Waals surface area contributed by atoms with Crippen molar-refractivity contribution in [2.75, 3.05) is 13.7 Å². The molecule has 1 fully saturated rings. The second-order valence-electron chi connectivity index (χ2n) is 5.91. The Kier molecular flexibility index (Phi) is 6.07. The molecule has 122 valence electrons. The first-order chi connectivity index (χ1) is 10.6. The molecule has 0 heterocycles. The fourth-order valence-corrected chi connectivity index (χ4v) is 2.61. The van der Waals surface area contributed by atoms with Gasteiger partial charge in [-0.15, -0.1) is 0 Å². The largest absolute Gasteiger partial charge is 0.493 e. The van der Waals surface area contributed by atoms with E-state index in [1.165, 1.54) is 12.8 Å². The first-order valence-corrected chi connectivity index (χ1v) is 7.98. The molecule has 3 N–H and O–H groups in total. The fraction of sp³-hybridized carbons (Fsp3) is 0.588. The summed E-state index contributed by atoms with van der Waals surface area (Å²) >= 11 is 0. The number of rotatable bonds is 7. The number of amides is 1. The van der Waals surface area contributed by atoms with Gasteiger partial charge in [0, 0.05) is 18.2 Å². The lowest BCUT2D eigenvalue weighted by Crippen LogP contribution is -2.28. The third-order valence-electron chi connectivity index (χ3n) is 3.91. The number of benzene rings is 1. The van der Waals surface area contributed by atoms with Gasteiger partial charge in [0.05, 0.1) is 13.2 Å². The lowest BCUT2D eigenvalue weighted by molar-refractivity contribution is 0.0952. The summed E-state index contributed by atoms with van der Waals surface area (Å²) in [5.41, 5.74) is 6.24. The van der Waals surface area contributed by atoms with E-state index in [4.69, 9.17) is 15.2 Å². The van der Waals surface area contributed by atoms with Crippen LogP contribution in [0.15, 0.2) is 18.2 Å². The van der Waals surface area contributed by atoms with Gasteiger partial charge in [0.25, 0.3) is 5.91 Å². The average Bonchev–Trinajstić information content (AvgIpc) is 3.00. The van der Waals surface area contributed by atoms with Gasteiger partial charge in [0.15, 0.2) is 11.5 Å². The fourth-order valence-electron chi connectivity index (χ4n) is 2.61. The molecule has 1 atom stereocenters. The van der Waals surface area contributed by atoms with Gasteiger partial charge in [-0.3, -0.25) is 4.79 Å². The highest BCUT2D eigenvalue weighted by Gasteiger charge is 2.19. The predicted octanol–water partition coefficient (Wildman–Crippen LogP) is 2.48. The molecule has 0 aliphatic heterocycles. The number of nitrogens with one attached hydrogen (secondary N) is 1. The van der Waals surface area contributed by atoms with Gasteiger partial charge < -0.3 is 20.5 Å². The maximum absolute atomic E-state index is 12.1. The number of ether oxygens (including phenoxy) is 2. The summed E-state index contributed by atoms with van der Waals surface area (Å²) in [7, 11) is 1.59. The van der Waals surface area contributed by atoms with Crippen LogP contribution in [0.3, 0.4) is 0 Å². The zero-order valence-electron chi connectivity index (χ0n) is 13.4. The van der Waals surface area contributed by atoms with Crippen molar-refractivity contribution < 1.29 is 14.3 Å². The van der Waals surface area contributed by atoms with E-state index in [9.17, 15) is 4.79 Å². The van der Waals surface area contributed by atoms with E-state index >= 15 is 0 Å². The van der Waals surface area contributed by atoms with Crippen LogP contribution in [0.1, 0.15) is 49.4 Å². The lowest BCUT2D eigenvalue weighted by atomic mass is 10.1. The van der Waals surface area contributed by atoms with Crippen LogP contribution in [0.25, 0.3) is 0 Å². The van der Waals surface area contributed by atoms with Crippen LogP contribution in [0, 0.1) is 0 Å². The van der Waals surface area contributed by atoms with Crippen LogP contribution in [0.2, 0.25) is 0 Å². The molecule has 1 amide bonds. The van der Waals surface area contributed by atoms with E-state index in [0.717, 1.165) is 19.3 Å². The SMILES string of the molecule is COc1cc(C(=O)NCCC(C)N)ccc1OC1CCCC1. The van der Waals surface area contributed by atoms with Crippen LogP contribution in [0.5, 0.6) is 11.5 Å². The summed E-state index contributed by atoms with van der Waals surface area (Å²) in [6.45, 7) is 2.49. The molecule has 0 bridgehead atoms. The Balaban J connectivity index is 1.99. The first-order valence-electron chi connectivity index (χ1n) is 7.98. The van der Waals surface area contributed by atoms with Crippen LogP contribution in [-0.2, 0) is 0 Å².